The number of carbonyl (C=O) groups is 2. The molecule has 1 unspecified atom stereocenters. The normalized spacial score (nSPS) is 20.8. The van der Waals surface area contributed by atoms with Crippen LogP contribution in [0.2, 0.25) is 0 Å². The van der Waals surface area contributed by atoms with Crippen LogP contribution >= 0.6 is 0 Å². The van der Waals surface area contributed by atoms with E-state index in [4.69, 9.17) is 14.6 Å². The van der Waals surface area contributed by atoms with Crippen molar-refractivity contribution in [3.63, 3.8) is 0 Å². The molecule has 1 fully saturated rings. The molecule has 1 aromatic rings. The fourth-order valence-corrected chi connectivity index (χ4v) is 2.63. The number of fused-ring (bicyclic) bond motifs is 1. The molecule has 0 radical (unpaired) electrons. The lowest BCUT2D eigenvalue weighted by atomic mass is 9.97. The number of rotatable bonds is 2. The van der Waals surface area contributed by atoms with Crippen molar-refractivity contribution in [2.45, 2.75) is 12.8 Å². The molecule has 6 nitrogen and oxygen atoms in total. The van der Waals surface area contributed by atoms with Crippen molar-refractivity contribution >= 4 is 11.9 Å². The third-order valence-corrected chi connectivity index (χ3v) is 3.68. The van der Waals surface area contributed by atoms with Crippen molar-refractivity contribution in [3.8, 4) is 11.5 Å². The Morgan fingerprint density at radius 3 is 2.95 bits per heavy atom. The second kappa shape index (κ2) is 5.03. The zero-order chi connectivity index (χ0) is 14.1. The van der Waals surface area contributed by atoms with Crippen LogP contribution in [0, 0.1) is 5.92 Å². The molecule has 3 rings (SSSR count). The number of likely N-dealkylation sites (tertiary alicyclic amines) is 1. The third kappa shape index (κ3) is 2.17. The molecule has 6 heteroatoms. The molecule has 0 spiro atoms. The van der Waals surface area contributed by atoms with Crippen LogP contribution in [0.4, 0.5) is 0 Å². The van der Waals surface area contributed by atoms with Gasteiger partial charge in [-0.1, -0.05) is 6.07 Å². The lowest BCUT2D eigenvalue weighted by Crippen LogP contribution is -2.42. The molecule has 1 saturated heterocycles. The van der Waals surface area contributed by atoms with E-state index in [2.05, 4.69) is 0 Å². The Labute approximate surface area is 115 Å². The summed E-state index contributed by atoms with van der Waals surface area (Å²) in [5.41, 5.74) is 0.436. The van der Waals surface area contributed by atoms with E-state index in [1.165, 1.54) is 0 Å². The molecule has 2 aliphatic rings. The number of amides is 1. The lowest BCUT2D eigenvalue weighted by Gasteiger charge is -2.30. The summed E-state index contributed by atoms with van der Waals surface area (Å²) in [5.74, 6) is -0.516. The van der Waals surface area contributed by atoms with Crippen molar-refractivity contribution in [1.82, 2.24) is 4.90 Å². The number of nitrogens with zero attached hydrogens (tertiary/aromatic N) is 1. The third-order valence-electron chi connectivity index (χ3n) is 3.68. The summed E-state index contributed by atoms with van der Waals surface area (Å²) >= 11 is 0. The molecule has 0 saturated carbocycles. The first kappa shape index (κ1) is 12.8. The summed E-state index contributed by atoms with van der Waals surface area (Å²) in [7, 11) is 0. The lowest BCUT2D eigenvalue weighted by molar-refractivity contribution is -0.143. The van der Waals surface area contributed by atoms with E-state index in [0.29, 0.717) is 36.4 Å². The zero-order valence-corrected chi connectivity index (χ0v) is 10.9. The Balaban J connectivity index is 1.82. The molecular formula is C14H15NO5. The fraction of sp³-hybridized carbons (Fsp3) is 0.429. The first-order valence-corrected chi connectivity index (χ1v) is 6.57. The highest BCUT2D eigenvalue weighted by atomic mass is 16.7. The largest absolute Gasteiger partial charge is 0.481 e. The Bertz CT molecular complexity index is 556. The molecule has 0 aliphatic carbocycles. The molecular weight excluding hydrogens is 262 g/mol. The number of carbonyl (C=O) groups excluding carboxylic acids is 1. The first-order chi connectivity index (χ1) is 9.66. The Kier molecular flexibility index (Phi) is 3.22. The van der Waals surface area contributed by atoms with Crippen LogP contribution in [0.3, 0.4) is 0 Å². The van der Waals surface area contributed by atoms with E-state index < -0.39 is 11.9 Å². The smallest absolute Gasteiger partial charge is 0.308 e. The monoisotopic (exact) mass is 277 g/mol. The highest BCUT2D eigenvalue weighted by Crippen LogP contribution is 2.36. The van der Waals surface area contributed by atoms with Gasteiger partial charge in [-0.25, -0.2) is 0 Å². The molecule has 0 bridgehead atoms. The summed E-state index contributed by atoms with van der Waals surface area (Å²) < 4.78 is 10.6. The van der Waals surface area contributed by atoms with Crippen LogP contribution < -0.4 is 9.47 Å². The molecule has 0 aromatic heterocycles. The van der Waals surface area contributed by atoms with Gasteiger partial charge in [0.2, 0.25) is 6.79 Å². The number of carboxylic acids is 1. The van der Waals surface area contributed by atoms with E-state index in [1.54, 1.807) is 23.1 Å². The average Bonchev–Trinajstić information content (AvgIpc) is 2.95. The number of piperidine rings is 1. The first-order valence-electron chi connectivity index (χ1n) is 6.57. The summed E-state index contributed by atoms with van der Waals surface area (Å²) in [6.45, 7) is 0.934. The number of carboxylic acid groups (broad SMARTS) is 1. The summed E-state index contributed by atoms with van der Waals surface area (Å²) in [4.78, 5) is 25.2. The average molecular weight is 277 g/mol. The minimum absolute atomic E-state index is 0.109. The maximum atomic E-state index is 12.5. The van der Waals surface area contributed by atoms with Gasteiger partial charge in [0.25, 0.3) is 5.91 Å². The fourth-order valence-electron chi connectivity index (χ4n) is 2.63. The number of benzene rings is 1. The van der Waals surface area contributed by atoms with Gasteiger partial charge in [0.05, 0.1) is 11.5 Å². The van der Waals surface area contributed by atoms with Crippen molar-refractivity contribution in [2.75, 3.05) is 19.9 Å². The standard InChI is InChI=1S/C14H15NO5/c16-13(15-6-2-3-9(7-15)14(17)18)10-4-1-5-11-12(10)20-8-19-11/h1,4-5,9H,2-3,6-8H2,(H,17,18). The van der Waals surface area contributed by atoms with Crippen LogP contribution in [0.1, 0.15) is 23.2 Å². The molecule has 106 valence electrons. The second-order valence-electron chi connectivity index (χ2n) is 4.97. The molecule has 2 heterocycles. The SMILES string of the molecule is O=C(O)C1CCCN(C(=O)c2cccc3c2OCO3)C1. The van der Waals surface area contributed by atoms with Gasteiger partial charge in [0.1, 0.15) is 0 Å². The zero-order valence-electron chi connectivity index (χ0n) is 10.9. The molecule has 1 aromatic carbocycles. The Morgan fingerprint density at radius 1 is 1.30 bits per heavy atom. The Morgan fingerprint density at radius 2 is 2.15 bits per heavy atom. The van der Waals surface area contributed by atoms with Gasteiger partial charge in [-0.05, 0) is 25.0 Å². The number of para-hydroxylation sites is 1. The Hall–Kier alpha value is -2.24. The maximum absolute atomic E-state index is 12.5. The number of hydrogen-bond donors (Lipinski definition) is 1. The number of hydrogen-bond acceptors (Lipinski definition) is 4. The highest BCUT2D eigenvalue weighted by molar-refractivity contribution is 5.98. The molecule has 2 aliphatic heterocycles. The molecule has 1 N–H and O–H groups in total. The van der Waals surface area contributed by atoms with Crippen molar-refractivity contribution < 1.29 is 24.2 Å². The number of ether oxygens (including phenoxy) is 2. The molecule has 1 amide bonds. The summed E-state index contributed by atoms with van der Waals surface area (Å²) in [6, 6.07) is 5.16. The summed E-state index contributed by atoms with van der Waals surface area (Å²) in [6.07, 6.45) is 1.32. The summed E-state index contributed by atoms with van der Waals surface area (Å²) in [5, 5.41) is 9.08. The van der Waals surface area contributed by atoms with Crippen molar-refractivity contribution in [1.29, 1.82) is 0 Å². The molecule has 20 heavy (non-hydrogen) atoms. The number of aliphatic carboxylic acids is 1. The van der Waals surface area contributed by atoms with E-state index in [0.717, 1.165) is 0 Å². The maximum Gasteiger partial charge on any atom is 0.308 e. The predicted molar refractivity (Wildman–Crippen MR) is 68.8 cm³/mol. The van der Waals surface area contributed by atoms with Gasteiger partial charge in [-0.15, -0.1) is 0 Å². The van der Waals surface area contributed by atoms with Crippen LogP contribution in [0.5, 0.6) is 11.5 Å². The van der Waals surface area contributed by atoms with Crippen LogP contribution in [-0.2, 0) is 4.79 Å². The molecule has 1 atom stereocenters. The quantitative estimate of drug-likeness (QED) is 0.883. The van der Waals surface area contributed by atoms with E-state index in [1.807, 2.05) is 0 Å². The van der Waals surface area contributed by atoms with Gasteiger partial charge in [0.15, 0.2) is 11.5 Å². The van der Waals surface area contributed by atoms with E-state index >= 15 is 0 Å². The van der Waals surface area contributed by atoms with Gasteiger partial charge >= 0.3 is 5.97 Å². The van der Waals surface area contributed by atoms with Gasteiger partial charge in [-0.3, -0.25) is 9.59 Å². The minimum atomic E-state index is -0.847. The van der Waals surface area contributed by atoms with E-state index in [-0.39, 0.29) is 19.2 Å². The van der Waals surface area contributed by atoms with E-state index in [9.17, 15) is 9.59 Å². The minimum Gasteiger partial charge on any atom is -0.481 e. The predicted octanol–water partition coefficient (Wildman–Crippen LogP) is 1.35. The van der Waals surface area contributed by atoms with Gasteiger partial charge in [0, 0.05) is 13.1 Å². The van der Waals surface area contributed by atoms with Crippen LogP contribution in [0.25, 0.3) is 0 Å². The van der Waals surface area contributed by atoms with Gasteiger partial charge in [-0.2, -0.15) is 0 Å². The van der Waals surface area contributed by atoms with Crippen molar-refractivity contribution in [3.05, 3.63) is 23.8 Å². The second-order valence-corrected chi connectivity index (χ2v) is 4.97. The van der Waals surface area contributed by atoms with Crippen LogP contribution in [0.15, 0.2) is 18.2 Å². The topological polar surface area (TPSA) is 76.1 Å². The van der Waals surface area contributed by atoms with Crippen molar-refractivity contribution in [2.24, 2.45) is 5.92 Å². The van der Waals surface area contributed by atoms with Gasteiger partial charge < -0.3 is 19.5 Å². The highest BCUT2D eigenvalue weighted by Gasteiger charge is 2.31. The van der Waals surface area contributed by atoms with Crippen LogP contribution in [-0.4, -0.2) is 41.8 Å².